The van der Waals surface area contributed by atoms with Crippen LogP contribution in [0.4, 0.5) is 9.18 Å². The molecule has 0 bridgehead atoms. The van der Waals surface area contributed by atoms with Gasteiger partial charge in [0.05, 0.1) is 12.2 Å². The minimum absolute atomic E-state index is 0.157. The summed E-state index contributed by atoms with van der Waals surface area (Å²) in [5, 5.41) is 9.08. The standard InChI is InChI=1S/C18H21FN4O2/c1-18(11-13-3-5-14(19)6-4-13)9-2-10-23(18)17(25)20-12-15-7-8-16(24)22-21-15/h3-8H,2,9-12H2,1H3,(H,20,25)(H,22,24)/t18-/m1/s1. The Bertz CT molecular complexity index is 785. The van der Waals surface area contributed by atoms with Gasteiger partial charge < -0.3 is 10.2 Å². The molecule has 7 heteroatoms. The van der Waals surface area contributed by atoms with E-state index in [1.54, 1.807) is 18.2 Å². The van der Waals surface area contributed by atoms with E-state index >= 15 is 0 Å². The number of nitrogens with one attached hydrogen (secondary N) is 2. The molecule has 0 spiro atoms. The van der Waals surface area contributed by atoms with Gasteiger partial charge in [-0.05, 0) is 49.9 Å². The van der Waals surface area contributed by atoms with Gasteiger partial charge in [0, 0.05) is 18.2 Å². The molecule has 132 valence electrons. The topological polar surface area (TPSA) is 78.1 Å². The van der Waals surface area contributed by atoms with Gasteiger partial charge in [-0.1, -0.05) is 12.1 Å². The molecule has 1 fully saturated rings. The Morgan fingerprint density at radius 3 is 2.76 bits per heavy atom. The van der Waals surface area contributed by atoms with Gasteiger partial charge in [0.2, 0.25) is 0 Å². The maximum absolute atomic E-state index is 13.1. The molecule has 1 aliphatic rings. The van der Waals surface area contributed by atoms with Crippen molar-refractivity contribution in [3.8, 4) is 0 Å². The zero-order valence-corrected chi connectivity index (χ0v) is 14.1. The van der Waals surface area contributed by atoms with Crippen molar-refractivity contribution in [2.24, 2.45) is 0 Å². The smallest absolute Gasteiger partial charge is 0.318 e. The number of halogens is 1. The number of amides is 2. The molecule has 0 unspecified atom stereocenters. The second-order valence-corrected chi connectivity index (χ2v) is 6.63. The highest BCUT2D eigenvalue weighted by Gasteiger charge is 2.39. The van der Waals surface area contributed by atoms with E-state index in [9.17, 15) is 14.0 Å². The van der Waals surface area contributed by atoms with Crippen molar-refractivity contribution in [3.63, 3.8) is 0 Å². The van der Waals surface area contributed by atoms with E-state index in [1.165, 1.54) is 18.2 Å². The first-order chi connectivity index (χ1) is 12.0. The van der Waals surface area contributed by atoms with Gasteiger partial charge in [-0.2, -0.15) is 5.10 Å². The zero-order valence-electron chi connectivity index (χ0n) is 14.1. The maximum Gasteiger partial charge on any atom is 0.318 e. The largest absolute Gasteiger partial charge is 0.332 e. The van der Waals surface area contributed by atoms with E-state index in [0.717, 1.165) is 18.4 Å². The Hall–Kier alpha value is -2.70. The molecule has 0 radical (unpaired) electrons. The third-order valence-corrected chi connectivity index (χ3v) is 4.65. The fourth-order valence-electron chi connectivity index (χ4n) is 3.33. The predicted molar refractivity (Wildman–Crippen MR) is 91.5 cm³/mol. The molecule has 3 rings (SSSR count). The Morgan fingerprint density at radius 2 is 2.08 bits per heavy atom. The van der Waals surface area contributed by atoms with Crippen molar-refractivity contribution in [1.82, 2.24) is 20.4 Å². The van der Waals surface area contributed by atoms with E-state index in [0.29, 0.717) is 18.7 Å². The van der Waals surface area contributed by atoms with Crippen LogP contribution < -0.4 is 10.9 Å². The van der Waals surface area contributed by atoms with Crippen LogP contribution in [0.2, 0.25) is 0 Å². The summed E-state index contributed by atoms with van der Waals surface area (Å²) in [7, 11) is 0. The minimum atomic E-state index is -0.305. The molecular weight excluding hydrogens is 323 g/mol. The number of likely N-dealkylation sites (tertiary alicyclic amines) is 1. The lowest BCUT2D eigenvalue weighted by molar-refractivity contribution is 0.155. The lowest BCUT2D eigenvalue weighted by Crippen LogP contribution is -2.50. The van der Waals surface area contributed by atoms with E-state index in [2.05, 4.69) is 22.4 Å². The van der Waals surface area contributed by atoms with Gasteiger partial charge >= 0.3 is 6.03 Å². The molecule has 0 saturated carbocycles. The average molecular weight is 344 g/mol. The maximum atomic E-state index is 13.1. The highest BCUT2D eigenvalue weighted by atomic mass is 19.1. The first-order valence-electron chi connectivity index (χ1n) is 8.31. The number of aromatic amines is 1. The molecule has 2 heterocycles. The molecule has 6 nitrogen and oxygen atoms in total. The second kappa shape index (κ2) is 7.04. The van der Waals surface area contributed by atoms with Gasteiger partial charge in [-0.15, -0.1) is 0 Å². The minimum Gasteiger partial charge on any atom is -0.332 e. The Balaban J connectivity index is 1.65. The number of carbonyl (C=O) groups is 1. The number of carbonyl (C=O) groups excluding carboxylic acids is 1. The number of aromatic nitrogens is 2. The third-order valence-electron chi connectivity index (χ3n) is 4.65. The van der Waals surface area contributed by atoms with Gasteiger partial charge in [0.25, 0.3) is 5.56 Å². The average Bonchev–Trinajstić information content (AvgIpc) is 2.97. The SMILES string of the molecule is C[C@]1(Cc2ccc(F)cc2)CCCN1C(=O)NCc1ccc(=O)[nH]n1. The Morgan fingerprint density at radius 1 is 1.32 bits per heavy atom. The summed E-state index contributed by atoms with van der Waals surface area (Å²) < 4.78 is 13.1. The van der Waals surface area contributed by atoms with Gasteiger partial charge in [-0.25, -0.2) is 14.3 Å². The Kier molecular flexibility index (Phi) is 4.83. The third kappa shape index (κ3) is 4.04. The number of hydrogen-bond acceptors (Lipinski definition) is 3. The number of hydrogen-bond donors (Lipinski definition) is 2. The number of rotatable bonds is 4. The summed E-state index contributed by atoms with van der Waals surface area (Å²) in [6.45, 7) is 2.99. The van der Waals surface area contributed by atoms with Crippen molar-refractivity contribution >= 4 is 6.03 Å². The van der Waals surface area contributed by atoms with Crippen molar-refractivity contribution in [2.75, 3.05) is 6.54 Å². The van der Waals surface area contributed by atoms with Crippen molar-refractivity contribution in [1.29, 1.82) is 0 Å². The van der Waals surface area contributed by atoms with Crippen LogP contribution in [-0.2, 0) is 13.0 Å². The van der Waals surface area contributed by atoms with Crippen LogP contribution in [0.5, 0.6) is 0 Å². The van der Waals surface area contributed by atoms with Crippen LogP contribution in [0.15, 0.2) is 41.2 Å². The highest BCUT2D eigenvalue weighted by molar-refractivity contribution is 5.75. The first-order valence-corrected chi connectivity index (χ1v) is 8.31. The molecule has 1 atom stereocenters. The predicted octanol–water partition coefficient (Wildman–Crippen LogP) is 2.22. The quantitative estimate of drug-likeness (QED) is 0.893. The molecule has 1 aliphatic heterocycles. The fourth-order valence-corrected chi connectivity index (χ4v) is 3.33. The number of H-pyrrole nitrogens is 1. The van der Waals surface area contributed by atoms with Crippen LogP contribution in [-0.4, -0.2) is 33.2 Å². The van der Waals surface area contributed by atoms with Gasteiger partial charge in [0.1, 0.15) is 5.82 Å². The number of benzene rings is 1. The van der Waals surface area contributed by atoms with Crippen molar-refractivity contribution < 1.29 is 9.18 Å². The number of urea groups is 1. The van der Waals surface area contributed by atoms with Crippen molar-refractivity contribution in [3.05, 3.63) is 63.8 Å². The second-order valence-electron chi connectivity index (χ2n) is 6.63. The van der Waals surface area contributed by atoms with Crippen LogP contribution >= 0.6 is 0 Å². The molecule has 2 N–H and O–H groups in total. The van der Waals surface area contributed by atoms with Crippen molar-refractivity contribution in [2.45, 2.75) is 38.3 Å². The molecule has 1 saturated heterocycles. The summed E-state index contributed by atoms with van der Waals surface area (Å²) in [5.74, 6) is -0.261. The van der Waals surface area contributed by atoms with Crippen LogP contribution in [0.3, 0.4) is 0 Å². The molecular formula is C18H21FN4O2. The zero-order chi connectivity index (χ0) is 17.9. The molecule has 0 aliphatic carbocycles. The van der Waals surface area contributed by atoms with Crippen LogP contribution in [0.1, 0.15) is 31.0 Å². The van der Waals surface area contributed by atoms with Crippen LogP contribution in [0, 0.1) is 5.82 Å². The first kappa shape index (κ1) is 17.1. The van der Waals surface area contributed by atoms with E-state index in [-0.39, 0.29) is 29.5 Å². The molecule has 1 aromatic heterocycles. The highest BCUT2D eigenvalue weighted by Crippen LogP contribution is 2.32. The number of nitrogens with zero attached hydrogens (tertiary/aromatic N) is 2. The summed E-state index contributed by atoms with van der Waals surface area (Å²) in [5.41, 5.74) is 1.01. The lowest BCUT2D eigenvalue weighted by Gasteiger charge is -2.35. The monoisotopic (exact) mass is 344 g/mol. The molecule has 2 aromatic rings. The summed E-state index contributed by atoms with van der Waals surface area (Å²) in [6.07, 6.45) is 2.51. The summed E-state index contributed by atoms with van der Waals surface area (Å²) in [6, 6.07) is 9.22. The molecule has 25 heavy (non-hydrogen) atoms. The molecule has 1 aromatic carbocycles. The lowest BCUT2D eigenvalue weighted by atomic mass is 9.90. The normalized spacial score (nSPS) is 19.8. The summed E-state index contributed by atoms with van der Waals surface area (Å²) in [4.78, 5) is 25.4. The van der Waals surface area contributed by atoms with E-state index in [1.807, 2.05) is 4.90 Å². The van der Waals surface area contributed by atoms with Gasteiger partial charge in [-0.3, -0.25) is 4.79 Å². The fraction of sp³-hybridized carbons (Fsp3) is 0.389. The Labute approximate surface area is 145 Å². The van der Waals surface area contributed by atoms with Crippen LogP contribution in [0.25, 0.3) is 0 Å². The van der Waals surface area contributed by atoms with E-state index in [4.69, 9.17) is 0 Å². The van der Waals surface area contributed by atoms with Gasteiger partial charge in [0.15, 0.2) is 0 Å². The van der Waals surface area contributed by atoms with E-state index < -0.39 is 0 Å². The summed E-state index contributed by atoms with van der Waals surface area (Å²) >= 11 is 0. The molecule has 2 amide bonds.